The highest BCUT2D eigenvalue weighted by Crippen LogP contribution is 2.21. The van der Waals surface area contributed by atoms with Crippen LogP contribution in [0.4, 0.5) is 4.39 Å². The van der Waals surface area contributed by atoms with Gasteiger partial charge in [0.2, 0.25) is 0 Å². The third-order valence-corrected chi connectivity index (χ3v) is 2.74. The van der Waals surface area contributed by atoms with Gasteiger partial charge in [0, 0.05) is 6.04 Å². The van der Waals surface area contributed by atoms with E-state index in [9.17, 15) is 4.39 Å². The van der Waals surface area contributed by atoms with Gasteiger partial charge in [-0.05, 0) is 31.0 Å². The van der Waals surface area contributed by atoms with Crippen molar-refractivity contribution < 1.29 is 9.13 Å². The second-order valence-electron chi connectivity index (χ2n) is 4.39. The van der Waals surface area contributed by atoms with Crippen molar-refractivity contribution in [3.63, 3.8) is 0 Å². The van der Waals surface area contributed by atoms with Gasteiger partial charge in [0.25, 0.3) is 0 Å². The molecule has 1 atom stereocenters. The van der Waals surface area contributed by atoms with Crippen LogP contribution in [-0.4, -0.2) is 6.61 Å². The highest BCUT2D eigenvalue weighted by Gasteiger charge is 2.06. The monoisotopic (exact) mass is 239 g/mol. The van der Waals surface area contributed by atoms with E-state index in [-0.39, 0.29) is 11.9 Å². The third kappa shape index (κ3) is 4.73. The first-order valence-electron chi connectivity index (χ1n) is 6.33. The molecular formula is C14H22FNO. The van der Waals surface area contributed by atoms with Crippen molar-refractivity contribution in [3.05, 3.63) is 29.6 Å². The molecule has 0 bridgehead atoms. The summed E-state index contributed by atoms with van der Waals surface area (Å²) in [6.45, 7) is 4.57. The molecule has 96 valence electrons. The first-order chi connectivity index (χ1) is 8.15. The molecule has 0 saturated carbocycles. The molecule has 0 aromatic heterocycles. The minimum atomic E-state index is -0.324. The van der Waals surface area contributed by atoms with Crippen LogP contribution in [0.25, 0.3) is 0 Å². The van der Waals surface area contributed by atoms with Crippen LogP contribution in [0.15, 0.2) is 18.2 Å². The van der Waals surface area contributed by atoms with E-state index in [4.69, 9.17) is 10.5 Å². The molecule has 0 heterocycles. The van der Waals surface area contributed by atoms with Crippen LogP contribution in [0, 0.1) is 5.82 Å². The zero-order valence-corrected chi connectivity index (χ0v) is 10.7. The molecule has 1 rings (SSSR count). The molecule has 1 aromatic carbocycles. The standard InChI is InChI=1S/C14H22FNO/c1-3-4-5-6-9-17-14-8-7-12(11(2)16)10-13(14)15/h7-8,10-11H,3-6,9,16H2,1-2H3/t11-/m1/s1. The lowest BCUT2D eigenvalue weighted by molar-refractivity contribution is 0.290. The maximum absolute atomic E-state index is 13.6. The summed E-state index contributed by atoms with van der Waals surface area (Å²) in [7, 11) is 0. The number of hydrogen-bond donors (Lipinski definition) is 1. The Balaban J connectivity index is 2.43. The molecule has 3 heteroatoms. The fourth-order valence-corrected chi connectivity index (χ4v) is 1.63. The lowest BCUT2D eigenvalue weighted by atomic mass is 10.1. The van der Waals surface area contributed by atoms with Gasteiger partial charge in [-0.25, -0.2) is 4.39 Å². The Bertz CT molecular complexity index is 339. The molecule has 0 aliphatic rings. The van der Waals surface area contributed by atoms with E-state index in [0.29, 0.717) is 12.4 Å². The van der Waals surface area contributed by atoms with Crippen molar-refractivity contribution >= 4 is 0 Å². The third-order valence-electron chi connectivity index (χ3n) is 2.74. The van der Waals surface area contributed by atoms with E-state index >= 15 is 0 Å². The van der Waals surface area contributed by atoms with Gasteiger partial charge in [-0.2, -0.15) is 0 Å². The molecule has 0 amide bonds. The van der Waals surface area contributed by atoms with Crippen molar-refractivity contribution in [3.8, 4) is 5.75 Å². The summed E-state index contributed by atoms with van der Waals surface area (Å²) in [6.07, 6.45) is 4.51. The van der Waals surface area contributed by atoms with Crippen LogP contribution in [-0.2, 0) is 0 Å². The molecule has 0 aliphatic carbocycles. The van der Waals surface area contributed by atoms with Crippen LogP contribution in [0.3, 0.4) is 0 Å². The Labute approximate surface area is 103 Å². The average molecular weight is 239 g/mol. The molecule has 0 radical (unpaired) electrons. The minimum Gasteiger partial charge on any atom is -0.491 e. The fraction of sp³-hybridized carbons (Fsp3) is 0.571. The molecule has 2 nitrogen and oxygen atoms in total. The summed E-state index contributed by atoms with van der Waals surface area (Å²) in [5.74, 6) is 0.00110. The summed E-state index contributed by atoms with van der Waals surface area (Å²) in [4.78, 5) is 0. The number of rotatable bonds is 7. The van der Waals surface area contributed by atoms with E-state index < -0.39 is 0 Å². The highest BCUT2D eigenvalue weighted by atomic mass is 19.1. The minimum absolute atomic E-state index is 0.150. The summed E-state index contributed by atoms with van der Waals surface area (Å²) < 4.78 is 19.0. The Morgan fingerprint density at radius 1 is 1.29 bits per heavy atom. The van der Waals surface area contributed by atoms with Crippen LogP contribution in [0.2, 0.25) is 0 Å². The SMILES string of the molecule is CCCCCCOc1ccc([C@@H](C)N)cc1F. The Morgan fingerprint density at radius 3 is 2.65 bits per heavy atom. The smallest absolute Gasteiger partial charge is 0.165 e. The van der Waals surface area contributed by atoms with Crippen LogP contribution < -0.4 is 10.5 Å². The van der Waals surface area contributed by atoms with Crippen molar-refractivity contribution in [2.24, 2.45) is 5.73 Å². The molecule has 0 fully saturated rings. The molecule has 0 unspecified atom stereocenters. The van der Waals surface area contributed by atoms with E-state index in [1.807, 2.05) is 13.0 Å². The first kappa shape index (κ1) is 14.0. The van der Waals surface area contributed by atoms with Gasteiger partial charge in [0.1, 0.15) is 0 Å². The molecule has 2 N–H and O–H groups in total. The van der Waals surface area contributed by atoms with E-state index in [2.05, 4.69) is 6.92 Å². The van der Waals surface area contributed by atoms with Crippen molar-refractivity contribution in [2.45, 2.75) is 45.6 Å². The van der Waals surface area contributed by atoms with Gasteiger partial charge in [0.15, 0.2) is 11.6 Å². The summed E-state index contributed by atoms with van der Waals surface area (Å²) >= 11 is 0. The van der Waals surface area contributed by atoms with E-state index in [1.165, 1.54) is 18.9 Å². The zero-order chi connectivity index (χ0) is 12.7. The highest BCUT2D eigenvalue weighted by molar-refractivity contribution is 5.30. The zero-order valence-electron chi connectivity index (χ0n) is 10.7. The van der Waals surface area contributed by atoms with Gasteiger partial charge in [0.05, 0.1) is 6.61 Å². The van der Waals surface area contributed by atoms with Gasteiger partial charge in [-0.1, -0.05) is 32.3 Å². The van der Waals surface area contributed by atoms with Crippen molar-refractivity contribution in [2.75, 3.05) is 6.61 Å². The first-order valence-corrected chi connectivity index (χ1v) is 6.33. The Morgan fingerprint density at radius 2 is 2.06 bits per heavy atom. The van der Waals surface area contributed by atoms with Crippen LogP contribution in [0.5, 0.6) is 5.75 Å². The summed E-state index contributed by atoms with van der Waals surface area (Å²) in [6, 6.07) is 4.78. The Kier molecular flexibility index (Phi) is 5.98. The van der Waals surface area contributed by atoms with Crippen molar-refractivity contribution in [1.29, 1.82) is 0 Å². The molecule has 1 aromatic rings. The predicted molar refractivity (Wildman–Crippen MR) is 68.6 cm³/mol. The summed E-state index contributed by atoms with van der Waals surface area (Å²) in [5.41, 5.74) is 6.47. The number of benzene rings is 1. The Hall–Kier alpha value is -1.09. The lowest BCUT2D eigenvalue weighted by Gasteiger charge is -2.10. The second-order valence-corrected chi connectivity index (χ2v) is 4.39. The van der Waals surface area contributed by atoms with E-state index in [1.54, 1.807) is 6.07 Å². The van der Waals surface area contributed by atoms with Gasteiger partial charge in [-0.3, -0.25) is 0 Å². The van der Waals surface area contributed by atoms with Gasteiger partial charge in [-0.15, -0.1) is 0 Å². The fourth-order valence-electron chi connectivity index (χ4n) is 1.63. The number of unbranched alkanes of at least 4 members (excludes halogenated alkanes) is 3. The van der Waals surface area contributed by atoms with Crippen LogP contribution >= 0.6 is 0 Å². The van der Waals surface area contributed by atoms with Gasteiger partial charge < -0.3 is 10.5 Å². The topological polar surface area (TPSA) is 35.2 Å². The molecule has 0 aliphatic heterocycles. The van der Waals surface area contributed by atoms with Crippen LogP contribution in [0.1, 0.15) is 51.1 Å². The van der Waals surface area contributed by atoms with Gasteiger partial charge >= 0.3 is 0 Å². The molecule has 0 spiro atoms. The molecular weight excluding hydrogens is 217 g/mol. The van der Waals surface area contributed by atoms with Crippen molar-refractivity contribution in [1.82, 2.24) is 0 Å². The maximum Gasteiger partial charge on any atom is 0.165 e. The number of ether oxygens (including phenoxy) is 1. The predicted octanol–water partition coefficient (Wildman–Crippen LogP) is 3.80. The average Bonchev–Trinajstić information content (AvgIpc) is 2.30. The lowest BCUT2D eigenvalue weighted by Crippen LogP contribution is -2.06. The van der Waals surface area contributed by atoms with E-state index in [0.717, 1.165) is 18.4 Å². The number of hydrogen-bond acceptors (Lipinski definition) is 2. The molecule has 0 saturated heterocycles. The molecule has 17 heavy (non-hydrogen) atoms. The second kappa shape index (κ2) is 7.28. The quantitative estimate of drug-likeness (QED) is 0.734. The maximum atomic E-state index is 13.6. The normalized spacial score (nSPS) is 12.5. The number of nitrogens with two attached hydrogens (primary N) is 1. The summed E-state index contributed by atoms with van der Waals surface area (Å²) in [5, 5.41) is 0. The number of halogens is 1. The largest absolute Gasteiger partial charge is 0.491 e.